The molecule has 0 saturated heterocycles. The van der Waals surface area contributed by atoms with Crippen LogP contribution in [0.25, 0.3) is 0 Å². The van der Waals surface area contributed by atoms with Crippen LogP contribution in [0, 0.1) is 5.82 Å². The molecule has 102 valence electrons. The van der Waals surface area contributed by atoms with Gasteiger partial charge in [-0.15, -0.1) is 0 Å². The summed E-state index contributed by atoms with van der Waals surface area (Å²) in [6.45, 7) is 0. The lowest BCUT2D eigenvalue weighted by molar-refractivity contribution is -0.117. The minimum atomic E-state index is -0.419. The number of fused-ring (bicyclic) bond motifs is 1. The second kappa shape index (κ2) is 4.85. The van der Waals surface area contributed by atoms with Crippen molar-refractivity contribution in [1.82, 2.24) is 0 Å². The number of halogens is 1. The van der Waals surface area contributed by atoms with E-state index in [4.69, 9.17) is 0 Å². The Balaban J connectivity index is 1.80. The van der Waals surface area contributed by atoms with E-state index in [1.807, 2.05) is 0 Å². The topological polar surface area (TPSA) is 61.4 Å². The van der Waals surface area contributed by atoms with E-state index in [1.165, 1.54) is 12.1 Å². The number of amides is 1. The maximum atomic E-state index is 13.1. The van der Waals surface area contributed by atoms with E-state index in [2.05, 4.69) is 10.6 Å². The van der Waals surface area contributed by atoms with Gasteiger partial charge >= 0.3 is 0 Å². The van der Waals surface area contributed by atoms with Crippen LogP contribution in [0.15, 0.2) is 42.5 Å². The molecule has 1 heterocycles. The van der Waals surface area contributed by atoms with Gasteiger partial charge in [0.05, 0.1) is 11.4 Å². The van der Waals surface area contributed by atoms with Gasteiger partial charge in [-0.25, -0.2) is 4.39 Å². The number of phenolic OH excluding ortho intramolecular Hbond substituents is 1. The van der Waals surface area contributed by atoms with Crippen LogP contribution >= 0.6 is 0 Å². The SMILES string of the molecule is O=C1Nc2cc(F)ccc2NC1Cc1ccc(O)cc1. The van der Waals surface area contributed by atoms with Gasteiger partial charge < -0.3 is 15.7 Å². The highest BCUT2D eigenvalue weighted by atomic mass is 19.1. The van der Waals surface area contributed by atoms with Crippen LogP contribution < -0.4 is 10.6 Å². The van der Waals surface area contributed by atoms with Crippen LogP contribution in [0.4, 0.5) is 15.8 Å². The molecule has 1 aliphatic rings. The summed E-state index contributed by atoms with van der Waals surface area (Å²) in [5.41, 5.74) is 2.09. The molecule has 4 nitrogen and oxygen atoms in total. The van der Waals surface area contributed by atoms with E-state index < -0.39 is 6.04 Å². The predicted octanol–water partition coefficient (Wildman–Crippen LogP) is 2.51. The maximum absolute atomic E-state index is 13.1. The Hall–Kier alpha value is -2.56. The average molecular weight is 272 g/mol. The lowest BCUT2D eigenvalue weighted by atomic mass is 10.0. The van der Waals surface area contributed by atoms with Gasteiger partial charge in [0, 0.05) is 6.42 Å². The van der Waals surface area contributed by atoms with Crippen LogP contribution in [-0.2, 0) is 11.2 Å². The second-order valence-corrected chi connectivity index (χ2v) is 4.75. The smallest absolute Gasteiger partial charge is 0.247 e. The number of nitrogens with one attached hydrogen (secondary N) is 2. The number of phenols is 1. The molecular weight excluding hydrogens is 259 g/mol. The predicted molar refractivity (Wildman–Crippen MR) is 74.3 cm³/mol. The van der Waals surface area contributed by atoms with Gasteiger partial charge in [0.1, 0.15) is 17.6 Å². The third kappa shape index (κ3) is 2.42. The number of hydrogen-bond donors (Lipinski definition) is 3. The molecule has 3 N–H and O–H groups in total. The molecule has 1 atom stereocenters. The Morgan fingerprint density at radius 2 is 1.85 bits per heavy atom. The van der Waals surface area contributed by atoms with E-state index in [-0.39, 0.29) is 17.5 Å². The van der Waals surface area contributed by atoms with Gasteiger partial charge in [-0.3, -0.25) is 4.79 Å². The zero-order chi connectivity index (χ0) is 14.1. The minimum Gasteiger partial charge on any atom is -0.508 e. The van der Waals surface area contributed by atoms with E-state index >= 15 is 0 Å². The number of rotatable bonds is 2. The van der Waals surface area contributed by atoms with Crippen molar-refractivity contribution >= 4 is 17.3 Å². The third-order valence-electron chi connectivity index (χ3n) is 3.26. The van der Waals surface area contributed by atoms with Crippen LogP contribution in [0.1, 0.15) is 5.56 Å². The van der Waals surface area contributed by atoms with Gasteiger partial charge in [-0.05, 0) is 35.9 Å². The largest absolute Gasteiger partial charge is 0.508 e. The van der Waals surface area contributed by atoms with Crippen LogP contribution in [0.5, 0.6) is 5.75 Å². The van der Waals surface area contributed by atoms with Gasteiger partial charge in [-0.2, -0.15) is 0 Å². The summed E-state index contributed by atoms with van der Waals surface area (Å²) in [6, 6.07) is 10.5. The van der Waals surface area contributed by atoms with Gasteiger partial charge in [0.2, 0.25) is 5.91 Å². The fourth-order valence-corrected chi connectivity index (χ4v) is 2.23. The first-order chi connectivity index (χ1) is 9.61. The van der Waals surface area contributed by atoms with E-state index in [0.717, 1.165) is 5.56 Å². The quantitative estimate of drug-likeness (QED) is 0.787. The lowest BCUT2D eigenvalue weighted by Crippen LogP contribution is -2.40. The summed E-state index contributed by atoms with van der Waals surface area (Å²) in [5, 5.41) is 15.0. The van der Waals surface area contributed by atoms with Crippen LogP contribution in [0.3, 0.4) is 0 Å². The van der Waals surface area contributed by atoms with Crippen LogP contribution in [0.2, 0.25) is 0 Å². The number of carbonyl (C=O) groups is 1. The molecule has 3 rings (SSSR count). The molecule has 0 aromatic heterocycles. The fraction of sp³-hybridized carbons (Fsp3) is 0.133. The molecule has 0 radical (unpaired) electrons. The Kier molecular flexibility index (Phi) is 3.02. The molecule has 20 heavy (non-hydrogen) atoms. The summed E-state index contributed by atoms with van der Waals surface area (Å²) in [7, 11) is 0. The number of benzene rings is 2. The van der Waals surface area contributed by atoms with E-state index in [0.29, 0.717) is 17.8 Å². The molecule has 1 unspecified atom stereocenters. The van der Waals surface area contributed by atoms with Crippen molar-refractivity contribution in [2.75, 3.05) is 10.6 Å². The third-order valence-corrected chi connectivity index (χ3v) is 3.26. The van der Waals surface area contributed by atoms with Crippen molar-refractivity contribution in [3.05, 3.63) is 53.8 Å². The Bertz CT molecular complexity index is 655. The standard InChI is InChI=1S/C15H13FN2O2/c16-10-3-6-12-13(8-10)18-15(20)14(17-12)7-9-1-4-11(19)5-2-9/h1-6,8,14,17,19H,7H2,(H,18,20). The van der Waals surface area contributed by atoms with Gasteiger partial charge in [0.25, 0.3) is 0 Å². The second-order valence-electron chi connectivity index (χ2n) is 4.75. The lowest BCUT2D eigenvalue weighted by Gasteiger charge is -2.26. The molecule has 2 aromatic rings. The molecule has 1 aliphatic heterocycles. The number of hydrogen-bond acceptors (Lipinski definition) is 3. The molecule has 0 aliphatic carbocycles. The average Bonchev–Trinajstić information content (AvgIpc) is 2.42. The maximum Gasteiger partial charge on any atom is 0.247 e. The molecule has 5 heteroatoms. The normalized spacial score (nSPS) is 17.1. The van der Waals surface area contributed by atoms with Crippen molar-refractivity contribution in [3.8, 4) is 5.75 Å². The highest BCUT2D eigenvalue weighted by molar-refractivity contribution is 6.03. The summed E-state index contributed by atoms with van der Waals surface area (Å²) < 4.78 is 13.1. The number of aromatic hydroxyl groups is 1. The Morgan fingerprint density at radius 1 is 1.10 bits per heavy atom. The molecular formula is C15H13FN2O2. The Labute approximate surface area is 115 Å². The van der Waals surface area contributed by atoms with E-state index in [1.54, 1.807) is 30.3 Å². The Morgan fingerprint density at radius 3 is 2.60 bits per heavy atom. The molecule has 1 amide bonds. The first-order valence-electron chi connectivity index (χ1n) is 6.27. The molecule has 0 bridgehead atoms. The number of anilines is 2. The van der Waals surface area contributed by atoms with Gasteiger partial charge in [-0.1, -0.05) is 12.1 Å². The molecule has 0 fully saturated rings. The molecule has 2 aromatic carbocycles. The highest BCUT2D eigenvalue weighted by Gasteiger charge is 2.25. The summed E-state index contributed by atoms with van der Waals surface area (Å²) >= 11 is 0. The molecule has 0 spiro atoms. The zero-order valence-corrected chi connectivity index (χ0v) is 10.6. The monoisotopic (exact) mass is 272 g/mol. The van der Waals surface area contributed by atoms with Crippen molar-refractivity contribution in [2.24, 2.45) is 0 Å². The van der Waals surface area contributed by atoms with E-state index in [9.17, 15) is 14.3 Å². The van der Waals surface area contributed by atoms with Crippen molar-refractivity contribution in [3.63, 3.8) is 0 Å². The summed E-state index contributed by atoms with van der Waals surface area (Å²) in [4.78, 5) is 12.0. The van der Waals surface area contributed by atoms with Crippen molar-refractivity contribution < 1.29 is 14.3 Å². The minimum absolute atomic E-state index is 0.190. The first-order valence-corrected chi connectivity index (χ1v) is 6.27. The fourth-order valence-electron chi connectivity index (χ4n) is 2.23. The van der Waals surface area contributed by atoms with Crippen LogP contribution in [-0.4, -0.2) is 17.1 Å². The van der Waals surface area contributed by atoms with Crippen molar-refractivity contribution in [2.45, 2.75) is 12.5 Å². The van der Waals surface area contributed by atoms with Gasteiger partial charge in [0.15, 0.2) is 0 Å². The zero-order valence-electron chi connectivity index (χ0n) is 10.6. The summed E-state index contributed by atoms with van der Waals surface area (Å²) in [5.74, 6) is -0.394. The molecule has 0 saturated carbocycles. The van der Waals surface area contributed by atoms with Crippen molar-refractivity contribution in [1.29, 1.82) is 0 Å². The number of carbonyl (C=O) groups excluding carboxylic acids is 1. The first kappa shape index (κ1) is 12.5. The highest BCUT2D eigenvalue weighted by Crippen LogP contribution is 2.28. The summed E-state index contributed by atoms with van der Waals surface area (Å²) in [6.07, 6.45) is 0.489.